The average molecular weight is 156 g/mol. The molecule has 0 saturated heterocycles. The second-order valence-electron chi connectivity index (χ2n) is 1.98. The van der Waals surface area contributed by atoms with Gasteiger partial charge in [0.2, 0.25) is 12.3 Å². The van der Waals surface area contributed by atoms with Gasteiger partial charge in [-0.3, -0.25) is 9.59 Å². The maximum absolute atomic E-state index is 10.9. The molecule has 0 radical (unpaired) electrons. The molecule has 0 aromatic carbocycles. The maximum Gasteiger partial charge on any atom is 0.242 e. The molecule has 0 unspecified atom stereocenters. The Kier molecular flexibility index (Phi) is 4.81. The Balaban J connectivity index is 3.95. The minimum absolute atomic E-state index is 0.211. The third-order valence-corrected chi connectivity index (χ3v) is 1.23. The lowest BCUT2D eigenvalue weighted by atomic mass is 10.2. The van der Waals surface area contributed by atoms with E-state index in [9.17, 15) is 9.59 Å². The number of hydrogen-bond acceptors (Lipinski definition) is 2. The van der Waals surface area contributed by atoms with Crippen LogP contribution in [0.15, 0.2) is 12.7 Å². The molecule has 11 heavy (non-hydrogen) atoms. The number of carbonyl (C=O) groups excluding carboxylic acids is 2. The highest BCUT2D eigenvalue weighted by molar-refractivity contribution is 5.83. The minimum Gasteiger partial charge on any atom is -0.357 e. The molecule has 0 aromatic rings. The fourth-order valence-electron chi connectivity index (χ4n) is 0.674. The molecule has 0 saturated carbocycles. The van der Waals surface area contributed by atoms with E-state index in [0.717, 1.165) is 0 Å². The van der Waals surface area contributed by atoms with E-state index in [1.54, 1.807) is 6.08 Å². The summed E-state index contributed by atoms with van der Waals surface area (Å²) in [7, 11) is 1.52. The Morgan fingerprint density at radius 2 is 2.36 bits per heavy atom. The molecule has 0 aliphatic heterocycles. The van der Waals surface area contributed by atoms with Gasteiger partial charge in [0.25, 0.3) is 0 Å². The first-order valence-corrected chi connectivity index (χ1v) is 3.28. The summed E-state index contributed by atoms with van der Waals surface area (Å²) in [5.41, 5.74) is 0. The molecule has 0 spiro atoms. The van der Waals surface area contributed by atoms with Gasteiger partial charge < -0.3 is 10.6 Å². The van der Waals surface area contributed by atoms with Crippen molar-refractivity contribution in [2.75, 3.05) is 7.05 Å². The van der Waals surface area contributed by atoms with Crippen LogP contribution in [0.5, 0.6) is 0 Å². The zero-order chi connectivity index (χ0) is 8.69. The first-order valence-electron chi connectivity index (χ1n) is 3.28. The number of rotatable bonds is 5. The second kappa shape index (κ2) is 5.46. The first kappa shape index (κ1) is 9.68. The van der Waals surface area contributed by atoms with Gasteiger partial charge in [-0.1, -0.05) is 6.08 Å². The SMILES string of the molecule is C=CC[C@H](NC=O)C(=O)NC. The van der Waals surface area contributed by atoms with Crippen molar-refractivity contribution in [2.45, 2.75) is 12.5 Å². The van der Waals surface area contributed by atoms with Crippen molar-refractivity contribution in [2.24, 2.45) is 0 Å². The molecule has 0 aromatic heterocycles. The fraction of sp³-hybridized carbons (Fsp3) is 0.429. The van der Waals surface area contributed by atoms with Crippen LogP contribution < -0.4 is 10.6 Å². The summed E-state index contributed by atoms with van der Waals surface area (Å²) >= 11 is 0. The van der Waals surface area contributed by atoms with Gasteiger partial charge >= 0.3 is 0 Å². The van der Waals surface area contributed by atoms with Crippen LogP contribution in [0.3, 0.4) is 0 Å². The number of carbonyl (C=O) groups is 2. The molecular weight excluding hydrogens is 144 g/mol. The summed E-state index contributed by atoms with van der Waals surface area (Å²) in [6.07, 6.45) is 2.53. The van der Waals surface area contributed by atoms with Gasteiger partial charge in [-0.15, -0.1) is 6.58 Å². The highest BCUT2D eigenvalue weighted by Crippen LogP contribution is 1.90. The molecule has 0 bridgehead atoms. The molecule has 0 rings (SSSR count). The summed E-state index contributed by atoms with van der Waals surface area (Å²) in [6, 6.07) is -0.491. The zero-order valence-electron chi connectivity index (χ0n) is 6.46. The van der Waals surface area contributed by atoms with Crippen molar-refractivity contribution < 1.29 is 9.59 Å². The number of amides is 2. The van der Waals surface area contributed by atoms with E-state index in [1.807, 2.05) is 0 Å². The van der Waals surface area contributed by atoms with E-state index < -0.39 is 6.04 Å². The van der Waals surface area contributed by atoms with Crippen molar-refractivity contribution in [3.05, 3.63) is 12.7 Å². The van der Waals surface area contributed by atoms with Crippen LogP contribution in [0.2, 0.25) is 0 Å². The van der Waals surface area contributed by atoms with Crippen LogP contribution in [0.25, 0.3) is 0 Å². The maximum atomic E-state index is 10.9. The van der Waals surface area contributed by atoms with Gasteiger partial charge in [-0.05, 0) is 6.42 Å². The van der Waals surface area contributed by atoms with Crippen LogP contribution in [-0.2, 0) is 9.59 Å². The molecule has 4 nitrogen and oxygen atoms in total. The molecule has 62 valence electrons. The van der Waals surface area contributed by atoms with Crippen LogP contribution in [-0.4, -0.2) is 25.4 Å². The lowest BCUT2D eigenvalue weighted by molar-refractivity contribution is -0.124. The molecule has 0 heterocycles. The Labute approximate surface area is 65.7 Å². The molecule has 1 atom stereocenters. The molecule has 4 heteroatoms. The Hall–Kier alpha value is -1.32. The van der Waals surface area contributed by atoms with Gasteiger partial charge in [0.05, 0.1) is 0 Å². The highest BCUT2D eigenvalue weighted by Gasteiger charge is 2.12. The number of nitrogens with one attached hydrogen (secondary N) is 2. The summed E-state index contributed by atoms with van der Waals surface area (Å²) in [6.45, 7) is 3.46. The van der Waals surface area contributed by atoms with Crippen molar-refractivity contribution in [1.29, 1.82) is 0 Å². The van der Waals surface area contributed by atoms with E-state index >= 15 is 0 Å². The van der Waals surface area contributed by atoms with E-state index in [-0.39, 0.29) is 5.91 Å². The molecule has 0 fully saturated rings. The lowest BCUT2D eigenvalue weighted by Crippen LogP contribution is -2.41. The van der Waals surface area contributed by atoms with Crippen LogP contribution in [0, 0.1) is 0 Å². The Bertz CT molecular complexity index is 147. The standard InChI is InChI=1S/C7H12N2O2/c1-3-4-6(9-5-10)7(11)8-2/h3,5-6H,1,4H2,2H3,(H,8,11)(H,9,10)/t6-/m0/s1. The first-order chi connectivity index (χ1) is 5.26. The van der Waals surface area contributed by atoms with E-state index in [2.05, 4.69) is 17.2 Å². The topological polar surface area (TPSA) is 58.2 Å². The quantitative estimate of drug-likeness (QED) is 0.413. The lowest BCUT2D eigenvalue weighted by Gasteiger charge is -2.10. The zero-order valence-corrected chi connectivity index (χ0v) is 6.46. The Morgan fingerprint density at radius 3 is 2.73 bits per heavy atom. The van der Waals surface area contributed by atoms with Crippen molar-refractivity contribution in [1.82, 2.24) is 10.6 Å². The van der Waals surface area contributed by atoms with Crippen LogP contribution in [0.1, 0.15) is 6.42 Å². The smallest absolute Gasteiger partial charge is 0.242 e. The van der Waals surface area contributed by atoms with Crippen LogP contribution >= 0.6 is 0 Å². The molecule has 2 amide bonds. The fourth-order valence-corrected chi connectivity index (χ4v) is 0.674. The third kappa shape index (κ3) is 3.40. The molecule has 0 aliphatic carbocycles. The Morgan fingerprint density at radius 1 is 1.73 bits per heavy atom. The molecular formula is C7H12N2O2. The third-order valence-electron chi connectivity index (χ3n) is 1.23. The van der Waals surface area contributed by atoms with E-state index in [1.165, 1.54) is 7.05 Å². The monoisotopic (exact) mass is 156 g/mol. The van der Waals surface area contributed by atoms with Crippen molar-refractivity contribution >= 4 is 12.3 Å². The largest absolute Gasteiger partial charge is 0.357 e. The number of likely N-dealkylation sites (N-methyl/N-ethyl adjacent to an activating group) is 1. The van der Waals surface area contributed by atoms with Gasteiger partial charge in [-0.2, -0.15) is 0 Å². The number of hydrogen-bond donors (Lipinski definition) is 2. The van der Waals surface area contributed by atoms with Crippen molar-refractivity contribution in [3.63, 3.8) is 0 Å². The van der Waals surface area contributed by atoms with Gasteiger partial charge in [0.1, 0.15) is 6.04 Å². The average Bonchev–Trinajstić information content (AvgIpc) is 2.03. The summed E-state index contributed by atoms with van der Waals surface area (Å²) in [5.74, 6) is -0.211. The van der Waals surface area contributed by atoms with E-state index in [4.69, 9.17) is 0 Å². The molecule has 0 aliphatic rings. The minimum atomic E-state index is -0.491. The normalized spacial score (nSPS) is 11.4. The summed E-state index contributed by atoms with van der Waals surface area (Å²) in [5, 5.41) is 4.80. The highest BCUT2D eigenvalue weighted by atomic mass is 16.2. The predicted octanol–water partition coefficient (Wildman–Crippen LogP) is -0.577. The van der Waals surface area contributed by atoms with Gasteiger partial charge in [0, 0.05) is 7.05 Å². The second-order valence-corrected chi connectivity index (χ2v) is 1.98. The van der Waals surface area contributed by atoms with Crippen molar-refractivity contribution in [3.8, 4) is 0 Å². The summed E-state index contributed by atoms with van der Waals surface area (Å²) in [4.78, 5) is 20.9. The molecule has 2 N–H and O–H groups in total. The van der Waals surface area contributed by atoms with E-state index in [0.29, 0.717) is 12.8 Å². The van der Waals surface area contributed by atoms with Gasteiger partial charge in [-0.25, -0.2) is 0 Å². The van der Waals surface area contributed by atoms with Gasteiger partial charge in [0.15, 0.2) is 0 Å². The predicted molar refractivity (Wildman–Crippen MR) is 41.9 cm³/mol. The summed E-state index contributed by atoms with van der Waals surface area (Å²) < 4.78 is 0. The van der Waals surface area contributed by atoms with Crippen LogP contribution in [0.4, 0.5) is 0 Å².